The van der Waals surface area contributed by atoms with E-state index in [0.29, 0.717) is 11.4 Å². The molecule has 0 bridgehead atoms. The highest BCUT2D eigenvalue weighted by molar-refractivity contribution is 7.12. The molecule has 0 aliphatic heterocycles. The molecule has 110 valence electrons. The minimum Gasteiger partial charge on any atom is -0.451 e. The van der Waals surface area contributed by atoms with Gasteiger partial charge >= 0.3 is 12.0 Å². The third-order valence-electron chi connectivity index (χ3n) is 2.31. The van der Waals surface area contributed by atoms with Crippen LogP contribution in [0.2, 0.25) is 0 Å². The van der Waals surface area contributed by atoms with Crippen LogP contribution < -0.4 is 10.6 Å². The van der Waals surface area contributed by atoms with Crippen LogP contribution in [0.1, 0.15) is 29.1 Å². The maximum Gasteiger partial charge on any atom is 0.349 e. The minimum absolute atomic E-state index is 0.287. The van der Waals surface area contributed by atoms with Gasteiger partial charge in [-0.3, -0.25) is 10.1 Å². The summed E-state index contributed by atoms with van der Waals surface area (Å²) in [5, 5.41) is 6.38. The zero-order valence-corrected chi connectivity index (χ0v) is 12.5. The molecule has 0 saturated carbocycles. The number of thiophene rings is 1. The third-order valence-corrected chi connectivity index (χ3v) is 3.30. The van der Waals surface area contributed by atoms with E-state index in [1.807, 2.05) is 13.8 Å². The van der Waals surface area contributed by atoms with Gasteiger partial charge in [0.05, 0.1) is 0 Å². The summed E-state index contributed by atoms with van der Waals surface area (Å²) in [6, 6.07) is 1.20. The van der Waals surface area contributed by atoms with Crippen molar-refractivity contribution in [3.8, 4) is 0 Å². The standard InChI is InChI=1S/C13H18N2O4S/c1-8(2)6-14-13(18)15-10(16)7-19-12(17)11-9(3)4-5-20-11/h4-5,8H,6-7H2,1-3H3,(H2,14,15,16,18). The number of imide groups is 1. The average Bonchev–Trinajstić information content (AvgIpc) is 2.80. The molecule has 3 amide bonds. The Morgan fingerprint density at radius 2 is 2.05 bits per heavy atom. The Kier molecular flexibility index (Phi) is 6.17. The Labute approximate surface area is 121 Å². The van der Waals surface area contributed by atoms with E-state index >= 15 is 0 Å². The van der Waals surface area contributed by atoms with E-state index in [0.717, 1.165) is 5.56 Å². The second-order valence-electron chi connectivity index (χ2n) is 4.66. The molecular formula is C13H18N2O4S. The van der Waals surface area contributed by atoms with Crippen LogP contribution >= 0.6 is 11.3 Å². The lowest BCUT2D eigenvalue weighted by molar-refractivity contribution is -0.123. The van der Waals surface area contributed by atoms with Gasteiger partial charge in [-0.2, -0.15) is 0 Å². The number of carbonyl (C=O) groups excluding carboxylic acids is 3. The molecule has 0 aromatic carbocycles. The maximum absolute atomic E-state index is 11.6. The van der Waals surface area contributed by atoms with Gasteiger partial charge in [-0.25, -0.2) is 9.59 Å². The predicted molar refractivity (Wildman–Crippen MR) is 75.7 cm³/mol. The summed E-state index contributed by atoms with van der Waals surface area (Å²) in [6.45, 7) is 5.64. The van der Waals surface area contributed by atoms with Crippen LogP contribution in [0.15, 0.2) is 11.4 Å². The first-order chi connectivity index (χ1) is 9.40. The second kappa shape index (κ2) is 7.64. The summed E-state index contributed by atoms with van der Waals surface area (Å²) in [6.07, 6.45) is 0. The molecule has 0 atom stereocenters. The van der Waals surface area contributed by atoms with Crippen molar-refractivity contribution in [1.82, 2.24) is 10.6 Å². The van der Waals surface area contributed by atoms with Crippen molar-refractivity contribution in [2.75, 3.05) is 13.2 Å². The molecule has 0 aliphatic rings. The molecule has 1 aromatic heterocycles. The summed E-state index contributed by atoms with van der Waals surface area (Å²) in [7, 11) is 0. The van der Waals surface area contributed by atoms with Crippen molar-refractivity contribution in [3.63, 3.8) is 0 Å². The number of urea groups is 1. The van der Waals surface area contributed by atoms with Gasteiger partial charge in [-0.05, 0) is 29.9 Å². The molecule has 2 N–H and O–H groups in total. The Bertz CT molecular complexity index is 496. The highest BCUT2D eigenvalue weighted by Gasteiger charge is 2.15. The summed E-state index contributed by atoms with van der Waals surface area (Å²) in [5.74, 6) is -0.931. The predicted octanol–water partition coefficient (Wildman–Crippen LogP) is 1.70. The Morgan fingerprint density at radius 3 is 2.60 bits per heavy atom. The first kappa shape index (κ1) is 16.2. The molecule has 0 fully saturated rings. The van der Waals surface area contributed by atoms with E-state index in [1.165, 1.54) is 11.3 Å². The molecule has 1 heterocycles. The molecule has 1 rings (SSSR count). The molecule has 1 aromatic rings. The first-order valence-corrected chi connectivity index (χ1v) is 7.07. The second-order valence-corrected chi connectivity index (χ2v) is 5.58. The largest absolute Gasteiger partial charge is 0.451 e. The molecule has 0 saturated heterocycles. The fraction of sp³-hybridized carbons (Fsp3) is 0.462. The molecule has 20 heavy (non-hydrogen) atoms. The van der Waals surface area contributed by atoms with Gasteiger partial charge in [0.1, 0.15) is 4.88 Å². The molecule has 0 aliphatic carbocycles. The van der Waals surface area contributed by atoms with E-state index in [-0.39, 0.29) is 5.92 Å². The Hall–Kier alpha value is -1.89. The highest BCUT2D eigenvalue weighted by Crippen LogP contribution is 2.16. The number of ether oxygens (including phenoxy) is 1. The van der Waals surface area contributed by atoms with Crippen LogP contribution in [-0.4, -0.2) is 31.1 Å². The highest BCUT2D eigenvalue weighted by atomic mass is 32.1. The van der Waals surface area contributed by atoms with Crippen LogP contribution in [0, 0.1) is 12.8 Å². The van der Waals surface area contributed by atoms with Crippen molar-refractivity contribution in [2.45, 2.75) is 20.8 Å². The topological polar surface area (TPSA) is 84.5 Å². The van der Waals surface area contributed by atoms with Crippen LogP contribution in [0.25, 0.3) is 0 Å². The van der Waals surface area contributed by atoms with E-state index in [2.05, 4.69) is 10.6 Å². The monoisotopic (exact) mass is 298 g/mol. The average molecular weight is 298 g/mol. The van der Waals surface area contributed by atoms with E-state index in [1.54, 1.807) is 18.4 Å². The molecule has 7 heteroatoms. The number of hydrogen-bond donors (Lipinski definition) is 2. The first-order valence-electron chi connectivity index (χ1n) is 6.19. The van der Waals surface area contributed by atoms with Gasteiger partial charge in [0, 0.05) is 6.54 Å². The normalized spacial score (nSPS) is 10.2. The van der Waals surface area contributed by atoms with E-state index in [4.69, 9.17) is 4.74 Å². The van der Waals surface area contributed by atoms with Crippen molar-refractivity contribution in [1.29, 1.82) is 0 Å². The zero-order valence-electron chi connectivity index (χ0n) is 11.7. The fourth-order valence-corrected chi connectivity index (χ4v) is 2.10. The molecule has 0 unspecified atom stereocenters. The number of rotatable bonds is 5. The number of nitrogens with one attached hydrogen (secondary N) is 2. The Morgan fingerprint density at radius 1 is 1.35 bits per heavy atom. The molecule has 6 nitrogen and oxygen atoms in total. The lowest BCUT2D eigenvalue weighted by atomic mass is 10.2. The number of esters is 1. The third kappa shape index (κ3) is 5.40. The minimum atomic E-state index is -0.659. The summed E-state index contributed by atoms with van der Waals surface area (Å²) in [4.78, 5) is 34.8. The summed E-state index contributed by atoms with van der Waals surface area (Å²) >= 11 is 1.25. The number of carbonyl (C=O) groups is 3. The lowest BCUT2D eigenvalue weighted by Gasteiger charge is -2.08. The van der Waals surface area contributed by atoms with Crippen LogP contribution in [0.3, 0.4) is 0 Å². The summed E-state index contributed by atoms with van der Waals surface area (Å²) < 4.78 is 4.83. The quantitative estimate of drug-likeness (QED) is 0.810. The van der Waals surface area contributed by atoms with Gasteiger partial charge in [0.2, 0.25) is 0 Å². The van der Waals surface area contributed by atoms with Gasteiger partial charge in [0.25, 0.3) is 5.91 Å². The molecule has 0 radical (unpaired) electrons. The van der Waals surface area contributed by atoms with E-state index in [9.17, 15) is 14.4 Å². The van der Waals surface area contributed by atoms with Gasteiger partial charge < -0.3 is 10.1 Å². The SMILES string of the molecule is Cc1ccsc1C(=O)OCC(=O)NC(=O)NCC(C)C. The lowest BCUT2D eigenvalue weighted by Crippen LogP contribution is -2.42. The molecule has 0 spiro atoms. The molecular weight excluding hydrogens is 280 g/mol. The van der Waals surface area contributed by atoms with E-state index < -0.39 is 24.5 Å². The Balaban J connectivity index is 2.31. The smallest absolute Gasteiger partial charge is 0.349 e. The number of hydrogen-bond acceptors (Lipinski definition) is 5. The van der Waals surface area contributed by atoms with Crippen molar-refractivity contribution in [2.24, 2.45) is 5.92 Å². The van der Waals surface area contributed by atoms with Gasteiger partial charge in [0.15, 0.2) is 6.61 Å². The van der Waals surface area contributed by atoms with Crippen molar-refractivity contribution >= 4 is 29.2 Å². The zero-order chi connectivity index (χ0) is 15.1. The van der Waals surface area contributed by atoms with Crippen LogP contribution in [-0.2, 0) is 9.53 Å². The van der Waals surface area contributed by atoms with Crippen molar-refractivity contribution in [3.05, 3.63) is 21.9 Å². The van der Waals surface area contributed by atoms with Gasteiger partial charge in [-0.15, -0.1) is 11.3 Å². The van der Waals surface area contributed by atoms with Gasteiger partial charge in [-0.1, -0.05) is 13.8 Å². The van der Waals surface area contributed by atoms with Crippen LogP contribution in [0.4, 0.5) is 4.79 Å². The number of aryl methyl sites for hydroxylation is 1. The number of amides is 3. The maximum atomic E-state index is 11.6. The van der Waals surface area contributed by atoms with Crippen LogP contribution in [0.5, 0.6) is 0 Å². The van der Waals surface area contributed by atoms with Crippen molar-refractivity contribution < 1.29 is 19.1 Å². The summed E-state index contributed by atoms with van der Waals surface area (Å²) in [5.41, 5.74) is 0.801. The fourth-order valence-electron chi connectivity index (χ4n) is 1.28.